The molecule has 7 nitrogen and oxygen atoms in total. The largest absolute Gasteiger partial charge is 0.419 e. The van der Waals surface area contributed by atoms with Crippen LogP contribution in [0.1, 0.15) is 34.7 Å². The van der Waals surface area contributed by atoms with Gasteiger partial charge in [-0.15, -0.1) is 0 Å². The van der Waals surface area contributed by atoms with Gasteiger partial charge in [-0.25, -0.2) is 8.42 Å². The van der Waals surface area contributed by atoms with Gasteiger partial charge in [-0.3, -0.25) is 4.79 Å². The molecule has 36 heavy (non-hydrogen) atoms. The lowest BCUT2D eigenvalue weighted by Crippen LogP contribution is -2.39. The van der Waals surface area contributed by atoms with Crippen molar-refractivity contribution in [3.05, 3.63) is 67.7 Å². The first kappa shape index (κ1) is 27.1. The van der Waals surface area contributed by atoms with E-state index in [9.17, 15) is 26.4 Å². The van der Waals surface area contributed by atoms with Crippen molar-refractivity contribution in [3.8, 4) is 0 Å². The zero-order valence-corrected chi connectivity index (χ0v) is 21.7. The van der Waals surface area contributed by atoms with Gasteiger partial charge in [0.25, 0.3) is 0 Å². The lowest BCUT2D eigenvalue weighted by atomic mass is 9.83. The van der Waals surface area contributed by atoms with Gasteiger partial charge in [0.1, 0.15) is 12.5 Å². The van der Waals surface area contributed by atoms with Gasteiger partial charge < -0.3 is 9.64 Å². The SMILES string of the molecule is CS(=O)(=O)CC(=O)N1COCc2cc(C3CC(c4cc(Cl)c(Cl)c(Cl)c4)(C(F)(F)F)N=N3)ccc2C1. The van der Waals surface area contributed by atoms with Crippen LogP contribution in [0.3, 0.4) is 0 Å². The maximum atomic E-state index is 14.3. The Morgan fingerprint density at radius 3 is 2.44 bits per heavy atom. The minimum atomic E-state index is -4.79. The molecule has 0 saturated carbocycles. The predicted octanol–water partition coefficient (Wildman–Crippen LogP) is 5.86. The minimum absolute atomic E-state index is 0.0549. The number of halogens is 6. The summed E-state index contributed by atoms with van der Waals surface area (Å²) < 4.78 is 71.5. The number of amides is 1. The Balaban J connectivity index is 1.61. The van der Waals surface area contributed by atoms with Crippen LogP contribution in [0, 0.1) is 0 Å². The molecule has 1 amide bonds. The van der Waals surface area contributed by atoms with Crippen molar-refractivity contribution in [3.63, 3.8) is 0 Å². The molecule has 2 heterocycles. The standard InChI is InChI=1S/C22H19Cl3F3N3O4S/c1-36(33,34)10-19(32)31-8-13-3-2-12(4-14(13)9-35-11-31)18-7-21(30-29-18,22(26,27)28)15-5-16(23)20(25)17(24)6-15/h2-6,18H,7-11H2,1H3. The average molecular weight is 585 g/mol. The topological polar surface area (TPSA) is 88.4 Å². The normalized spacial score (nSPS) is 22.4. The maximum absolute atomic E-state index is 14.3. The van der Waals surface area contributed by atoms with Crippen LogP contribution in [0.25, 0.3) is 0 Å². The molecule has 2 aliphatic heterocycles. The van der Waals surface area contributed by atoms with Crippen molar-refractivity contribution >= 4 is 50.5 Å². The number of alkyl halides is 3. The highest BCUT2D eigenvalue weighted by atomic mass is 35.5. The summed E-state index contributed by atoms with van der Waals surface area (Å²) in [5.74, 6) is -1.25. The minimum Gasteiger partial charge on any atom is -0.356 e. The number of fused-ring (bicyclic) bond motifs is 1. The van der Waals surface area contributed by atoms with Crippen molar-refractivity contribution in [2.24, 2.45) is 10.2 Å². The number of rotatable bonds is 4. The van der Waals surface area contributed by atoms with Gasteiger partial charge in [-0.2, -0.15) is 23.4 Å². The van der Waals surface area contributed by atoms with Crippen LogP contribution in [-0.2, 0) is 38.1 Å². The van der Waals surface area contributed by atoms with Gasteiger partial charge in [0.05, 0.1) is 27.7 Å². The summed E-state index contributed by atoms with van der Waals surface area (Å²) in [6, 6.07) is 6.21. The van der Waals surface area contributed by atoms with E-state index >= 15 is 0 Å². The number of azo groups is 1. The highest BCUT2D eigenvalue weighted by Gasteiger charge is 2.60. The molecular weight excluding hydrogens is 566 g/mol. The zero-order chi connectivity index (χ0) is 26.5. The highest BCUT2D eigenvalue weighted by molar-refractivity contribution is 7.91. The van der Waals surface area contributed by atoms with Gasteiger partial charge in [0, 0.05) is 19.2 Å². The van der Waals surface area contributed by atoms with E-state index in [-0.39, 0.29) is 40.5 Å². The molecule has 2 atom stereocenters. The second-order valence-electron chi connectivity index (χ2n) is 8.71. The van der Waals surface area contributed by atoms with E-state index in [0.29, 0.717) is 16.7 Å². The zero-order valence-electron chi connectivity index (χ0n) is 18.7. The molecule has 194 valence electrons. The van der Waals surface area contributed by atoms with E-state index in [1.54, 1.807) is 18.2 Å². The molecule has 0 saturated heterocycles. The number of carbonyl (C=O) groups excluding carboxylic acids is 1. The molecule has 4 rings (SSSR count). The molecule has 0 aromatic heterocycles. The van der Waals surface area contributed by atoms with Gasteiger partial charge in [0.15, 0.2) is 9.84 Å². The molecule has 0 aliphatic carbocycles. The first-order valence-corrected chi connectivity index (χ1v) is 13.7. The fourth-order valence-electron chi connectivity index (χ4n) is 4.15. The van der Waals surface area contributed by atoms with Gasteiger partial charge in [-0.05, 0) is 34.4 Å². The third-order valence-corrected chi connectivity index (χ3v) is 7.97. The molecule has 14 heteroatoms. The fourth-order valence-corrected chi connectivity index (χ4v) is 5.38. The van der Waals surface area contributed by atoms with Crippen LogP contribution in [0.2, 0.25) is 15.1 Å². The summed E-state index contributed by atoms with van der Waals surface area (Å²) in [6.07, 6.45) is -4.34. The lowest BCUT2D eigenvalue weighted by Gasteiger charge is -2.29. The van der Waals surface area contributed by atoms with Crippen molar-refractivity contribution in [1.82, 2.24) is 4.90 Å². The second kappa shape index (κ2) is 9.75. The maximum Gasteiger partial charge on any atom is 0.419 e. The molecule has 0 spiro atoms. The molecule has 0 radical (unpaired) electrons. The molecule has 2 unspecified atom stereocenters. The van der Waals surface area contributed by atoms with Crippen molar-refractivity contribution in [2.75, 3.05) is 18.7 Å². The first-order chi connectivity index (χ1) is 16.7. The summed E-state index contributed by atoms with van der Waals surface area (Å²) >= 11 is 17.9. The van der Waals surface area contributed by atoms with E-state index in [1.165, 1.54) is 4.90 Å². The first-order valence-electron chi connectivity index (χ1n) is 10.5. The molecule has 0 bridgehead atoms. The molecular formula is C22H19Cl3F3N3O4S. The molecule has 0 fully saturated rings. The monoisotopic (exact) mass is 583 g/mol. The van der Waals surface area contributed by atoms with Crippen LogP contribution in [-0.4, -0.2) is 44.1 Å². The van der Waals surface area contributed by atoms with Gasteiger partial charge in [-0.1, -0.05) is 53.0 Å². The van der Waals surface area contributed by atoms with Gasteiger partial charge in [0.2, 0.25) is 11.4 Å². The van der Waals surface area contributed by atoms with E-state index in [2.05, 4.69) is 10.2 Å². The second-order valence-corrected chi connectivity index (χ2v) is 12.0. The number of ether oxygens (including phenoxy) is 1. The van der Waals surface area contributed by atoms with Crippen molar-refractivity contribution in [1.29, 1.82) is 0 Å². The van der Waals surface area contributed by atoms with Crippen LogP contribution >= 0.6 is 34.8 Å². The summed E-state index contributed by atoms with van der Waals surface area (Å²) in [5, 5.41) is 7.32. The van der Waals surface area contributed by atoms with E-state index in [4.69, 9.17) is 39.5 Å². The average Bonchev–Trinajstić information content (AvgIpc) is 3.12. The van der Waals surface area contributed by atoms with E-state index in [1.807, 2.05) is 0 Å². The Hall–Kier alpha value is -1.92. The van der Waals surface area contributed by atoms with E-state index in [0.717, 1.165) is 18.4 Å². The van der Waals surface area contributed by atoms with Crippen LogP contribution in [0.4, 0.5) is 13.2 Å². The number of nitrogens with zero attached hydrogens (tertiary/aromatic N) is 3. The number of benzene rings is 2. The van der Waals surface area contributed by atoms with Crippen molar-refractivity contribution in [2.45, 2.75) is 37.3 Å². The Morgan fingerprint density at radius 1 is 1.17 bits per heavy atom. The molecule has 0 N–H and O–H groups in total. The summed E-state index contributed by atoms with van der Waals surface area (Å²) in [6.45, 7) is 0.0731. The van der Waals surface area contributed by atoms with Crippen LogP contribution in [0.15, 0.2) is 40.6 Å². The molecule has 2 aromatic rings. The van der Waals surface area contributed by atoms with Crippen molar-refractivity contribution < 1.29 is 31.1 Å². The Kier molecular flexibility index (Phi) is 7.35. The number of carbonyl (C=O) groups is 1. The Morgan fingerprint density at radius 2 is 1.83 bits per heavy atom. The van der Waals surface area contributed by atoms with Gasteiger partial charge >= 0.3 is 6.18 Å². The third kappa shape index (κ3) is 5.35. The smallest absolute Gasteiger partial charge is 0.356 e. The summed E-state index contributed by atoms with van der Waals surface area (Å²) in [5.41, 5.74) is -1.10. The molecule has 2 aliphatic rings. The lowest BCUT2D eigenvalue weighted by molar-refractivity contribution is -0.188. The van der Waals surface area contributed by atoms with Crippen LogP contribution in [0.5, 0.6) is 0 Å². The summed E-state index contributed by atoms with van der Waals surface area (Å²) in [7, 11) is -3.52. The summed E-state index contributed by atoms with van der Waals surface area (Å²) in [4.78, 5) is 13.6. The number of hydrogen-bond acceptors (Lipinski definition) is 6. The molecule has 2 aromatic carbocycles. The third-order valence-electron chi connectivity index (χ3n) is 6.01. The Bertz CT molecular complexity index is 1330. The number of hydrogen-bond donors (Lipinski definition) is 0. The Labute approximate surface area is 220 Å². The highest BCUT2D eigenvalue weighted by Crippen LogP contribution is 2.54. The van der Waals surface area contributed by atoms with Crippen LogP contribution < -0.4 is 0 Å². The van der Waals surface area contributed by atoms with E-state index < -0.39 is 45.7 Å². The number of sulfone groups is 1. The quantitative estimate of drug-likeness (QED) is 0.421. The fraction of sp³-hybridized carbons (Fsp3) is 0.409. The predicted molar refractivity (Wildman–Crippen MR) is 128 cm³/mol.